The molecule has 1 fully saturated rings. The van der Waals surface area contributed by atoms with E-state index < -0.39 is 0 Å². The molecule has 1 saturated heterocycles. The third-order valence-electron chi connectivity index (χ3n) is 3.24. The summed E-state index contributed by atoms with van der Waals surface area (Å²) in [7, 11) is 1.99. The van der Waals surface area contributed by atoms with Crippen LogP contribution in [0, 0.1) is 0 Å². The van der Waals surface area contributed by atoms with Crippen molar-refractivity contribution in [1.29, 1.82) is 0 Å². The average Bonchev–Trinajstić information content (AvgIpc) is 2.30. The highest BCUT2D eigenvalue weighted by Gasteiger charge is 2.37. The number of fused-ring (bicyclic) bond motifs is 4. The number of rotatable bonds is 1. The smallest absolute Gasteiger partial charge is 0.184 e. The van der Waals surface area contributed by atoms with Crippen LogP contribution in [0.5, 0.6) is 0 Å². The van der Waals surface area contributed by atoms with Gasteiger partial charge >= 0.3 is 0 Å². The molecule has 0 amide bonds. The second-order valence-electron chi connectivity index (χ2n) is 4.06. The fraction of sp³-hybridized carbons (Fsp3) is 0.500. The van der Waals surface area contributed by atoms with Crippen molar-refractivity contribution >= 4 is 0 Å². The van der Waals surface area contributed by atoms with Crippen molar-refractivity contribution in [1.82, 2.24) is 5.32 Å². The lowest BCUT2D eigenvalue weighted by Gasteiger charge is -2.41. The second-order valence-corrected chi connectivity index (χ2v) is 4.06. The molecule has 2 aliphatic heterocycles. The first-order valence-corrected chi connectivity index (χ1v) is 5.43. The normalized spacial score (nSPS) is 33.5. The Hall–Kier alpha value is -0.900. The van der Waals surface area contributed by atoms with Crippen molar-refractivity contribution in [2.24, 2.45) is 0 Å². The predicted molar refractivity (Wildman–Crippen MR) is 56.4 cm³/mol. The fourth-order valence-electron chi connectivity index (χ4n) is 2.52. The van der Waals surface area contributed by atoms with Crippen LogP contribution in [0.1, 0.15) is 29.9 Å². The van der Waals surface area contributed by atoms with Crippen molar-refractivity contribution in [3.63, 3.8) is 0 Å². The van der Waals surface area contributed by atoms with Gasteiger partial charge in [0.25, 0.3) is 0 Å². The molecule has 0 spiro atoms. The van der Waals surface area contributed by atoms with Crippen molar-refractivity contribution in [3.8, 4) is 0 Å². The summed E-state index contributed by atoms with van der Waals surface area (Å²) < 4.78 is 11.5. The van der Waals surface area contributed by atoms with Crippen LogP contribution in [0.3, 0.4) is 0 Å². The first-order chi connectivity index (χ1) is 7.40. The van der Waals surface area contributed by atoms with Crippen molar-refractivity contribution in [3.05, 3.63) is 35.4 Å². The minimum absolute atomic E-state index is 0.149. The molecule has 1 aromatic carbocycles. The largest absolute Gasteiger partial charge is 0.348 e. The molecule has 1 unspecified atom stereocenters. The van der Waals surface area contributed by atoms with Gasteiger partial charge in [0.15, 0.2) is 6.29 Å². The standard InChI is InChI=1S/C12H15NO2/c1-13-11-8-4-2-3-5-9(8)12-14-7-6-10(11)15-12/h2-5,10-13H,6-7H2,1H3/t10-,11?,12-/m0/s1. The topological polar surface area (TPSA) is 30.5 Å². The highest BCUT2D eigenvalue weighted by Crippen LogP contribution is 2.40. The Bertz CT molecular complexity index is 366. The van der Waals surface area contributed by atoms with E-state index in [9.17, 15) is 0 Å². The molecule has 3 heteroatoms. The van der Waals surface area contributed by atoms with Crippen LogP contribution in [0.2, 0.25) is 0 Å². The Balaban J connectivity index is 2.08. The molecule has 3 nitrogen and oxygen atoms in total. The van der Waals surface area contributed by atoms with Crippen LogP contribution in [0.25, 0.3) is 0 Å². The van der Waals surface area contributed by atoms with Crippen LogP contribution in [0.4, 0.5) is 0 Å². The van der Waals surface area contributed by atoms with Crippen LogP contribution in [-0.2, 0) is 9.47 Å². The summed E-state index contributed by atoms with van der Waals surface area (Å²) in [6.07, 6.45) is 1.07. The Kier molecular flexibility index (Phi) is 2.24. The van der Waals surface area contributed by atoms with E-state index >= 15 is 0 Å². The van der Waals surface area contributed by atoms with Gasteiger partial charge in [-0.25, -0.2) is 0 Å². The zero-order valence-corrected chi connectivity index (χ0v) is 8.77. The van der Waals surface area contributed by atoms with Gasteiger partial charge in [0.05, 0.1) is 18.8 Å². The van der Waals surface area contributed by atoms with Crippen LogP contribution in [0.15, 0.2) is 24.3 Å². The van der Waals surface area contributed by atoms with Crippen LogP contribution < -0.4 is 5.32 Å². The molecular formula is C12H15NO2. The van der Waals surface area contributed by atoms with Gasteiger partial charge in [-0.15, -0.1) is 0 Å². The first kappa shape index (κ1) is 9.33. The third-order valence-corrected chi connectivity index (χ3v) is 3.24. The molecule has 2 bridgehead atoms. The maximum absolute atomic E-state index is 5.87. The summed E-state index contributed by atoms with van der Waals surface area (Å²) in [5.41, 5.74) is 2.49. The van der Waals surface area contributed by atoms with Gasteiger partial charge in [0.1, 0.15) is 0 Å². The Morgan fingerprint density at radius 3 is 2.87 bits per heavy atom. The quantitative estimate of drug-likeness (QED) is 0.758. The number of hydrogen-bond donors (Lipinski definition) is 1. The maximum Gasteiger partial charge on any atom is 0.184 e. The van der Waals surface area contributed by atoms with Crippen molar-refractivity contribution in [2.75, 3.05) is 13.7 Å². The number of hydrogen-bond acceptors (Lipinski definition) is 3. The van der Waals surface area contributed by atoms with E-state index in [1.807, 2.05) is 13.1 Å². The molecule has 2 aliphatic rings. The minimum Gasteiger partial charge on any atom is -0.348 e. The molecule has 80 valence electrons. The SMILES string of the molecule is CNC1c2ccccc2[C@H]2OCC[C@@H]1O2. The summed E-state index contributed by atoms with van der Waals surface area (Å²) in [6.45, 7) is 0.793. The van der Waals surface area contributed by atoms with Crippen LogP contribution >= 0.6 is 0 Å². The molecule has 0 saturated carbocycles. The number of benzene rings is 1. The summed E-state index contributed by atoms with van der Waals surface area (Å²) in [5.74, 6) is 0. The van der Waals surface area contributed by atoms with E-state index in [0.717, 1.165) is 13.0 Å². The zero-order valence-electron chi connectivity index (χ0n) is 8.77. The molecule has 0 aromatic heterocycles. The van der Waals surface area contributed by atoms with Crippen molar-refractivity contribution < 1.29 is 9.47 Å². The molecule has 0 aliphatic carbocycles. The molecule has 15 heavy (non-hydrogen) atoms. The Labute approximate surface area is 89.4 Å². The van der Waals surface area contributed by atoms with E-state index in [1.54, 1.807) is 0 Å². The lowest BCUT2D eigenvalue weighted by Crippen LogP contribution is -2.42. The molecular weight excluding hydrogens is 190 g/mol. The number of likely N-dealkylation sites (N-methyl/N-ethyl adjacent to an activating group) is 1. The highest BCUT2D eigenvalue weighted by atomic mass is 16.7. The second kappa shape index (κ2) is 3.59. The van der Waals surface area contributed by atoms with Gasteiger partial charge in [-0.05, 0) is 19.0 Å². The highest BCUT2D eigenvalue weighted by molar-refractivity contribution is 5.34. The minimum atomic E-state index is -0.149. The third kappa shape index (κ3) is 1.39. The maximum atomic E-state index is 5.87. The van der Waals surface area contributed by atoms with E-state index in [1.165, 1.54) is 11.1 Å². The summed E-state index contributed by atoms with van der Waals surface area (Å²) in [6, 6.07) is 8.66. The van der Waals surface area contributed by atoms with Gasteiger partial charge in [0.2, 0.25) is 0 Å². The van der Waals surface area contributed by atoms with Crippen LogP contribution in [-0.4, -0.2) is 19.8 Å². The zero-order chi connectivity index (χ0) is 10.3. The average molecular weight is 205 g/mol. The molecule has 2 heterocycles. The van der Waals surface area contributed by atoms with Crippen molar-refractivity contribution in [2.45, 2.75) is 24.9 Å². The van der Waals surface area contributed by atoms with Gasteiger partial charge in [-0.2, -0.15) is 0 Å². The molecule has 3 atom stereocenters. The van der Waals surface area contributed by atoms with E-state index in [2.05, 4.69) is 23.5 Å². The molecule has 1 aromatic rings. The summed E-state index contributed by atoms with van der Waals surface area (Å²) >= 11 is 0. The van der Waals surface area contributed by atoms with Gasteiger partial charge in [-0.1, -0.05) is 24.3 Å². The summed E-state index contributed by atoms with van der Waals surface area (Å²) in [4.78, 5) is 0. The monoisotopic (exact) mass is 205 g/mol. The van der Waals surface area contributed by atoms with Gasteiger partial charge < -0.3 is 14.8 Å². The summed E-state index contributed by atoms with van der Waals surface area (Å²) in [5, 5.41) is 3.34. The van der Waals surface area contributed by atoms with E-state index in [4.69, 9.17) is 9.47 Å². The Morgan fingerprint density at radius 2 is 2.07 bits per heavy atom. The molecule has 1 N–H and O–H groups in total. The van der Waals surface area contributed by atoms with E-state index in [-0.39, 0.29) is 12.4 Å². The number of nitrogens with one attached hydrogen (secondary N) is 1. The molecule has 0 radical (unpaired) electrons. The van der Waals surface area contributed by atoms with Gasteiger partial charge in [-0.3, -0.25) is 0 Å². The van der Waals surface area contributed by atoms with E-state index in [0.29, 0.717) is 6.04 Å². The fourth-order valence-corrected chi connectivity index (χ4v) is 2.52. The molecule has 3 rings (SSSR count). The lowest BCUT2D eigenvalue weighted by atomic mass is 9.90. The lowest BCUT2D eigenvalue weighted by molar-refractivity contribution is -0.233. The Morgan fingerprint density at radius 1 is 1.27 bits per heavy atom. The first-order valence-electron chi connectivity index (χ1n) is 5.43. The predicted octanol–water partition coefficient (Wildman–Crippen LogP) is 1.76. The number of ether oxygens (including phenoxy) is 2. The van der Waals surface area contributed by atoms with Gasteiger partial charge in [0, 0.05) is 5.56 Å².